The highest BCUT2D eigenvalue weighted by atomic mass is 16.1. The van der Waals surface area contributed by atoms with Crippen LogP contribution in [0.25, 0.3) is 28.6 Å². The summed E-state index contributed by atoms with van der Waals surface area (Å²) in [5, 5.41) is 14.4. The van der Waals surface area contributed by atoms with Gasteiger partial charge in [-0.25, -0.2) is 14.3 Å². The standard InChI is InChI=1S/C26H29N9O/c1-4-8-20-17-35(25-27-13-14-33(25)18(3)5-2)26(36)34(20)16-19-11-12-23(28-15-19)21-9-6-7-10-22(21)24-29-31-32-30-24/h6-7,9-15,17-18H,4-5,8,16H2,1-3H3,(H,29,30,31,32). The van der Waals surface area contributed by atoms with Gasteiger partial charge in [-0.05, 0) is 36.6 Å². The average molecular weight is 484 g/mol. The van der Waals surface area contributed by atoms with Gasteiger partial charge in [0.15, 0.2) is 0 Å². The first-order chi connectivity index (χ1) is 17.6. The quantitative estimate of drug-likeness (QED) is 0.338. The minimum atomic E-state index is -0.0965. The molecule has 0 saturated heterocycles. The molecule has 184 valence electrons. The Kier molecular flexibility index (Phi) is 6.57. The smallest absolute Gasteiger partial charge is 0.314 e. The van der Waals surface area contributed by atoms with Crippen molar-refractivity contribution >= 4 is 0 Å². The number of rotatable bonds is 9. The molecule has 0 bridgehead atoms. The van der Waals surface area contributed by atoms with Crippen molar-refractivity contribution in [2.45, 2.75) is 52.6 Å². The van der Waals surface area contributed by atoms with Gasteiger partial charge in [0.25, 0.3) is 0 Å². The van der Waals surface area contributed by atoms with E-state index in [4.69, 9.17) is 4.98 Å². The Hall–Kier alpha value is -4.34. The van der Waals surface area contributed by atoms with Gasteiger partial charge in [-0.2, -0.15) is 5.21 Å². The molecule has 0 aliphatic rings. The monoisotopic (exact) mass is 483 g/mol. The molecule has 0 fully saturated rings. The highest BCUT2D eigenvalue weighted by Crippen LogP contribution is 2.28. The van der Waals surface area contributed by atoms with Gasteiger partial charge in [-0.15, -0.1) is 10.2 Å². The molecule has 1 atom stereocenters. The molecule has 0 radical (unpaired) electrons. The van der Waals surface area contributed by atoms with E-state index in [9.17, 15) is 4.79 Å². The highest BCUT2D eigenvalue weighted by Gasteiger charge is 2.18. The predicted octanol–water partition coefficient (Wildman–Crippen LogP) is 4.05. The molecular weight excluding hydrogens is 454 g/mol. The Labute approximate surface area is 208 Å². The van der Waals surface area contributed by atoms with E-state index in [1.807, 2.05) is 59.6 Å². The molecule has 10 nitrogen and oxygen atoms in total. The molecule has 5 aromatic rings. The van der Waals surface area contributed by atoms with Crippen LogP contribution in [0, 0.1) is 0 Å². The van der Waals surface area contributed by atoms with E-state index in [0.29, 0.717) is 18.3 Å². The molecule has 1 unspecified atom stereocenters. The zero-order valence-electron chi connectivity index (χ0n) is 20.7. The summed E-state index contributed by atoms with van der Waals surface area (Å²) >= 11 is 0. The molecule has 0 aliphatic heterocycles. The van der Waals surface area contributed by atoms with E-state index in [-0.39, 0.29) is 11.7 Å². The molecule has 1 aromatic carbocycles. The van der Waals surface area contributed by atoms with E-state index < -0.39 is 0 Å². The Morgan fingerprint density at radius 3 is 2.58 bits per heavy atom. The van der Waals surface area contributed by atoms with Crippen molar-refractivity contribution in [3.63, 3.8) is 0 Å². The number of nitrogens with zero attached hydrogens (tertiary/aromatic N) is 8. The van der Waals surface area contributed by atoms with Crippen LogP contribution in [0.15, 0.2) is 66.0 Å². The molecule has 4 aromatic heterocycles. The molecule has 0 amide bonds. The lowest BCUT2D eigenvalue weighted by Crippen LogP contribution is -2.27. The lowest BCUT2D eigenvalue weighted by molar-refractivity contribution is 0.517. The van der Waals surface area contributed by atoms with Gasteiger partial charge in [0.05, 0.1) is 12.2 Å². The lowest BCUT2D eigenvalue weighted by Gasteiger charge is -2.13. The number of H-pyrrole nitrogens is 1. The number of aryl methyl sites for hydroxylation is 1. The predicted molar refractivity (Wildman–Crippen MR) is 137 cm³/mol. The molecule has 4 heterocycles. The molecule has 10 heteroatoms. The number of hydrogen-bond acceptors (Lipinski definition) is 6. The summed E-state index contributed by atoms with van der Waals surface area (Å²) in [5.41, 5.74) is 4.39. The Balaban J connectivity index is 1.47. The maximum atomic E-state index is 13.5. The Morgan fingerprint density at radius 1 is 1.06 bits per heavy atom. The van der Waals surface area contributed by atoms with E-state index in [1.54, 1.807) is 10.8 Å². The fourth-order valence-electron chi connectivity index (χ4n) is 4.36. The van der Waals surface area contributed by atoms with Crippen molar-refractivity contribution in [3.8, 4) is 28.6 Å². The molecule has 36 heavy (non-hydrogen) atoms. The van der Waals surface area contributed by atoms with Crippen molar-refractivity contribution in [2.24, 2.45) is 0 Å². The van der Waals surface area contributed by atoms with Gasteiger partial charge in [-0.1, -0.05) is 50.6 Å². The molecule has 0 saturated carbocycles. The summed E-state index contributed by atoms with van der Waals surface area (Å²) in [6.07, 6.45) is 10.1. The Bertz CT molecular complexity index is 1490. The highest BCUT2D eigenvalue weighted by molar-refractivity contribution is 5.78. The second kappa shape index (κ2) is 10.1. The minimum Gasteiger partial charge on any atom is -0.314 e. The summed E-state index contributed by atoms with van der Waals surface area (Å²) in [6, 6.07) is 12.0. The number of benzene rings is 1. The van der Waals surface area contributed by atoms with Crippen LogP contribution in [0.5, 0.6) is 0 Å². The van der Waals surface area contributed by atoms with Crippen molar-refractivity contribution in [1.82, 2.24) is 44.3 Å². The lowest BCUT2D eigenvalue weighted by atomic mass is 10.0. The third kappa shape index (κ3) is 4.37. The van der Waals surface area contributed by atoms with E-state index >= 15 is 0 Å². The first-order valence-corrected chi connectivity index (χ1v) is 12.2. The van der Waals surface area contributed by atoms with Crippen LogP contribution in [0.2, 0.25) is 0 Å². The third-order valence-corrected chi connectivity index (χ3v) is 6.45. The second-order valence-corrected chi connectivity index (χ2v) is 8.83. The van der Waals surface area contributed by atoms with Gasteiger partial charge < -0.3 is 4.57 Å². The first kappa shape index (κ1) is 23.4. The Morgan fingerprint density at radius 2 is 1.89 bits per heavy atom. The number of pyridine rings is 1. The van der Waals surface area contributed by atoms with Crippen LogP contribution < -0.4 is 5.69 Å². The van der Waals surface area contributed by atoms with Gasteiger partial charge in [-0.3, -0.25) is 9.55 Å². The van der Waals surface area contributed by atoms with Gasteiger partial charge >= 0.3 is 5.69 Å². The molecule has 0 aliphatic carbocycles. The van der Waals surface area contributed by atoms with Crippen LogP contribution >= 0.6 is 0 Å². The van der Waals surface area contributed by atoms with Crippen LogP contribution in [-0.4, -0.2) is 44.3 Å². The zero-order valence-corrected chi connectivity index (χ0v) is 20.7. The summed E-state index contributed by atoms with van der Waals surface area (Å²) < 4.78 is 5.54. The maximum absolute atomic E-state index is 13.5. The summed E-state index contributed by atoms with van der Waals surface area (Å²) in [5.74, 6) is 1.17. The largest absolute Gasteiger partial charge is 0.335 e. The number of imidazole rings is 2. The van der Waals surface area contributed by atoms with E-state index in [2.05, 4.69) is 50.9 Å². The van der Waals surface area contributed by atoms with E-state index in [1.165, 1.54) is 0 Å². The molecule has 5 rings (SSSR count). The first-order valence-electron chi connectivity index (χ1n) is 12.2. The fraction of sp³-hybridized carbons (Fsp3) is 0.308. The number of hydrogen-bond donors (Lipinski definition) is 1. The summed E-state index contributed by atoms with van der Waals surface area (Å²) in [7, 11) is 0. The van der Waals surface area contributed by atoms with Crippen LogP contribution in [-0.2, 0) is 13.0 Å². The van der Waals surface area contributed by atoms with Crippen molar-refractivity contribution in [3.05, 3.63) is 82.9 Å². The topological polar surface area (TPSA) is 112 Å². The number of aromatic amines is 1. The molecule has 0 spiro atoms. The average Bonchev–Trinajstić information content (AvgIpc) is 3.67. The zero-order chi connectivity index (χ0) is 25.1. The fourth-order valence-corrected chi connectivity index (χ4v) is 4.36. The molecule has 1 N–H and O–H groups in total. The maximum Gasteiger partial charge on any atom is 0.335 e. The van der Waals surface area contributed by atoms with Gasteiger partial charge in [0.2, 0.25) is 11.8 Å². The third-order valence-electron chi connectivity index (χ3n) is 6.45. The summed E-state index contributed by atoms with van der Waals surface area (Å²) in [4.78, 5) is 22.7. The number of aromatic nitrogens is 9. The SMILES string of the molecule is CCCc1cn(-c2nccn2C(C)CC)c(=O)n1Cc1ccc(-c2ccccc2-c2nn[nH]n2)nc1. The van der Waals surface area contributed by atoms with Crippen molar-refractivity contribution in [1.29, 1.82) is 0 Å². The van der Waals surface area contributed by atoms with Crippen molar-refractivity contribution in [2.75, 3.05) is 0 Å². The van der Waals surface area contributed by atoms with Crippen LogP contribution in [0.3, 0.4) is 0 Å². The van der Waals surface area contributed by atoms with E-state index in [0.717, 1.165) is 47.3 Å². The normalized spacial score (nSPS) is 12.2. The number of tetrazole rings is 1. The minimum absolute atomic E-state index is 0.0965. The second-order valence-electron chi connectivity index (χ2n) is 8.83. The summed E-state index contributed by atoms with van der Waals surface area (Å²) in [6.45, 7) is 6.81. The van der Waals surface area contributed by atoms with Crippen LogP contribution in [0.1, 0.15) is 50.9 Å². The molecular formula is C26H29N9O. The number of nitrogens with one attached hydrogen (secondary N) is 1. The van der Waals surface area contributed by atoms with Gasteiger partial charge in [0.1, 0.15) is 0 Å². The van der Waals surface area contributed by atoms with Crippen LogP contribution in [0.4, 0.5) is 0 Å². The van der Waals surface area contributed by atoms with Crippen molar-refractivity contribution < 1.29 is 0 Å². The van der Waals surface area contributed by atoms with Gasteiger partial charge in [0, 0.05) is 47.7 Å².